The maximum atomic E-state index is 8.87. The van der Waals surface area contributed by atoms with Gasteiger partial charge in [-0.05, 0) is 17.7 Å². The Morgan fingerprint density at radius 3 is 2.67 bits per heavy atom. The third-order valence-corrected chi connectivity index (χ3v) is 1.06. The second-order valence-electron chi connectivity index (χ2n) is 1.76. The summed E-state index contributed by atoms with van der Waals surface area (Å²) in [7, 11) is 0. The number of hydrogen-bond donors (Lipinski definition) is 2. The van der Waals surface area contributed by atoms with E-state index >= 15 is 0 Å². The molecule has 1 radical (unpaired) electrons. The third kappa shape index (κ3) is 1.44. The van der Waals surface area contributed by atoms with E-state index in [1.54, 1.807) is 18.2 Å². The fourth-order valence-corrected chi connectivity index (χ4v) is 0.628. The molecular formula is C7H8NO. The van der Waals surface area contributed by atoms with E-state index in [4.69, 9.17) is 10.8 Å². The molecule has 0 aliphatic heterocycles. The highest BCUT2D eigenvalue weighted by molar-refractivity contribution is 5.30. The first-order valence-electron chi connectivity index (χ1n) is 2.67. The molecule has 9 heavy (non-hydrogen) atoms. The first-order chi connectivity index (χ1) is 4.33. The Morgan fingerprint density at radius 2 is 2.22 bits per heavy atom. The summed E-state index contributed by atoms with van der Waals surface area (Å²) in [5.74, 6) is 0.245. The van der Waals surface area contributed by atoms with Crippen LogP contribution >= 0.6 is 0 Å². The standard InChI is InChI=1S/C7H8NO/c8-5-6-2-1-3-7(9)4-6/h1-5,9H,8H2. The van der Waals surface area contributed by atoms with E-state index in [1.807, 2.05) is 6.07 Å². The van der Waals surface area contributed by atoms with Crippen molar-refractivity contribution in [2.75, 3.05) is 0 Å². The molecular weight excluding hydrogens is 114 g/mol. The minimum atomic E-state index is 0.245. The molecule has 0 aromatic heterocycles. The molecule has 2 nitrogen and oxygen atoms in total. The summed E-state index contributed by atoms with van der Waals surface area (Å²) < 4.78 is 0. The van der Waals surface area contributed by atoms with Gasteiger partial charge in [0.15, 0.2) is 0 Å². The van der Waals surface area contributed by atoms with Crippen LogP contribution in [0.4, 0.5) is 0 Å². The van der Waals surface area contributed by atoms with Crippen LogP contribution in [0, 0.1) is 6.54 Å². The quantitative estimate of drug-likeness (QED) is 0.580. The summed E-state index contributed by atoms with van der Waals surface area (Å²) in [6.07, 6.45) is 0. The van der Waals surface area contributed by atoms with Crippen LogP contribution in [0.2, 0.25) is 0 Å². The molecule has 0 fully saturated rings. The maximum Gasteiger partial charge on any atom is 0.115 e. The number of rotatable bonds is 1. The Bertz CT molecular complexity index is 198. The lowest BCUT2D eigenvalue weighted by Crippen LogP contribution is -1.90. The Balaban J connectivity index is 2.94. The zero-order valence-corrected chi connectivity index (χ0v) is 4.91. The highest BCUT2D eigenvalue weighted by Crippen LogP contribution is 2.09. The molecule has 1 aromatic carbocycles. The largest absolute Gasteiger partial charge is 0.508 e. The highest BCUT2D eigenvalue weighted by atomic mass is 16.3. The molecule has 0 heterocycles. The molecule has 0 aliphatic carbocycles. The summed E-state index contributed by atoms with van der Waals surface area (Å²) >= 11 is 0. The van der Waals surface area contributed by atoms with Gasteiger partial charge in [-0.1, -0.05) is 12.1 Å². The molecule has 0 unspecified atom stereocenters. The van der Waals surface area contributed by atoms with Crippen molar-refractivity contribution in [3.05, 3.63) is 36.4 Å². The normalized spacial score (nSPS) is 9.44. The van der Waals surface area contributed by atoms with E-state index in [9.17, 15) is 0 Å². The highest BCUT2D eigenvalue weighted by Gasteiger charge is 1.88. The van der Waals surface area contributed by atoms with Gasteiger partial charge in [0, 0.05) is 6.54 Å². The van der Waals surface area contributed by atoms with E-state index in [2.05, 4.69) is 0 Å². The number of nitrogens with two attached hydrogens (primary N) is 1. The average molecular weight is 122 g/mol. The molecule has 0 bridgehead atoms. The van der Waals surface area contributed by atoms with E-state index in [-0.39, 0.29) is 5.75 Å². The molecule has 0 saturated heterocycles. The Morgan fingerprint density at radius 1 is 1.44 bits per heavy atom. The molecule has 1 rings (SSSR count). The first-order valence-corrected chi connectivity index (χ1v) is 2.67. The lowest BCUT2D eigenvalue weighted by atomic mass is 10.2. The second kappa shape index (κ2) is 2.51. The van der Waals surface area contributed by atoms with Gasteiger partial charge in [-0.15, -0.1) is 0 Å². The second-order valence-corrected chi connectivity index (χ2v) is 1.76. The molecule has 1 aromatic rings. The minimum absolute atomic E-state index is 0.245. The van der Waals surface area contributed by atoms with Crippen molar-refractivity contribution in [2.45, 2.75) is 0 Å². The van der Waals surface area contributed by atoms with Gasteiger partial charge in [-0.25, -0.2) is 0 Å². The van der Waals surface area contributed by atoms with E-state index in [1.165, 1.54) is 6.54 Å². The van der Waals surface area contributed by atoms with Crippen LogP contribution in [-0.4, -0.2) is 5.11 Å². The smallest absolute Gasteiger partial charge is 0.115 e. The van der Waals surface area contributed by atoms with E-state index < -0.39 is 0 Å². The van der Waals surface area contributed by atoms with Crippen LogP contribution in [0.3, 0.4) is 0 Å². The first kappa shape index (κ1) is 6.11. The molecule has 0 saturated carbocycles. The van der Waals surface area contributed by atoms with Gasteiger partial charge in [0.25, 0.3) is 0 Å². The monoisotopic (exact) mass is 122 g/mol. The van der Waals surface area contributed by atoms with Crippen LogP contribution in [0.15, 0.2) is 24.3 Å². The van der Waals surface area contributed by atoms with Crippen LogP contribution in [-0.2, 0) is 0 Å². The summed E-state index contributed by atoms with van der Waals surface area (Å²) in [5.41, 5.74) is 6.01. The number of hydrogen-bond acceptors (Lipinski definition) is 2. The molecule has 3 N–H and O–H groups in total. The van der Waals surface area contributed by atoms with Crippen LogP contribution in [0.25, 0.3) is 0 Å². The van der Waals surface area contributed by atoms with Gasteiger partial charge >= 0.3 is 0 Å². The predicted molar refractivity (Wildman–Crippen MR) is 35.7 cm³/mol. The summed E-state index contributed by atoms with van der Waals surface area (Å²) in [6, 6.07) is 6.76. The van der Waals surface area contributed by atoms with Gasteiger partial charge in [0.05, 0.1) is 0 Å². The van der Waals surface area contributed by atoms with Gasteiger partial charge in [0.2, 0.25) is 0 Å². The Hall–Kier alpha value is -1.02. The molecule has 47 valence electrons. The van der Waals surface area contributed by atoms with Crippen molar-refractivity contribution in [2.24, 2.45) is 5.73 Å². The minimum Gasteiger partial charge on any atom is -0.508 e. The van der Waals surface area contributed by atoms with Gasteiger partial charge in [-0.3, -0.25) is 0 Å². The summed E-state index contributed by atoms with van der Waals surface area (Å²) in [5, 5.41) is 8.87. The van der Waals surface area contributed by atoms with Crippen LogP contribution in [0.1, 0.15) is 5.56 Å². The molecule has 2 heteroatoms. The van der Waals surface area contributed by atoms with Gasteiger partial charge < -0.3 is 10.8 Å². The summed E-state index contributed by atoms with van der Waals surface area (Å²) in [4.78, 5) is 0. The van der Waals surface area contributed by atoms with Crippen LogP contribution < -0.4 is 5.73 Å². The lowest BCUT2D eigenvalue weighted by molar-refractivity contribution is 0.475. The van der Waals surface area contributed by atoms with Gasteiger partial charge in [0.1, 0.15) is 5.75 Å². The fourth-order valence-electron chi connectivity index (χ4n) is 0.628. The van der Waals surface area contributed by atoms with Crippen molar-refractivity contribution < 1.29 is 5.11 Å². The zero-order valence-electron chi connectivity index (χ0n) is 4.91. The molecule has 0 amide bonds. The Labute approximate surface area is 53.9 Å². The van der Waals surface area contributed by atoms with Gasteiger partial charge in [-0.2, -0.15) is 0 Å². The number of benzene rings is 1. The Kier molecular flexibility index (Phi) is 1.70. The number of phenols is 1. The SMILES string of the molecule is N[CH]c1cccc(O)c1. The van der Waals surface area contributed by atoms with Crippen LogP contribution in [0.5, 0.6) is 5.75 Å². The molecule has 0 aliphatic rings. The predicted octanol–water partition coefficient (Wildman–Crippen LogP) is 0.861. The third-order valence-electron chi connectivity index (χ3n) is 1.06. The van der Waals surface area contributed by atoms with Crippen molar-refractivity contribution in [1.82, 2.24) is 0 Å². The zero-order chi connectivity index (χ0) is 6.69. The van der Waals surface area contributed by atoms with Crippen molar-refractivity contribution in [1.29, 1.82) is 0 Å². The van der Waals surface area contributed by atoms with Crippen molar-refractivity contribution in [3.8, 4) is 5.75 Å². The average Bonchev–Trinajstić information content (AvgIpc) is 1.88. The number of aromatic hydroxyl groups is 1. The van der Waals surface area contributed by atoms with Crippen molar-refractivity contribution >= 4 is 0 Å². The van der Waals surface area contributed by atoms with E-state index in [0.717, 1.165) is 5.56 Å². The molecule has 0 spiro atoms. The molecule has 0 atom stereocenters. The van der Waals surface area contributed by atoms with Crippen molar-refractivity contribution in [3.63, 3.8) is 0 Å². The lowest BCUT2D eigenvalue weighted by Gasteiger charge is -1.93. The topological polar surface area (TPSA) is 46.2 Å². The maximum absolute atomic E-state index is 8.87. The van der Waals surface area contributed by atoms with E-state index in [0.29, 0.717) is 0 Å². The summed E-state index contributed by atoms with van der Waals surface area (Å²) in [6.45, 7) is 1.44. The number of phenolic OH excluding ortho intramolecular Hbond substituents is 1. The fraction of sp³-hybridized carbons (Fsp3) is 0.